The number of carboxylic acid groups (broad SMARTS) is 1. The van der Waals surface area contributed by atoms with Crippen LogP contribution in [0.1, 0.15) is 17.2 Å². The minimum atomic E-state index is -1.53. The van der Waals surface area contributed by atoms with E-state index in [-0.39, 0.29) is 27.2 Å². The van der Waals surface area contributed by atoms with E-state index < -0.39 is 29.2 Å². The summed E-state index contributed by atoms with van der Waals surface area (Å²) in [5.74, 6) is -3.13. The molecule has 0 fully saturated rings. The molecule has 1 aromatic heterocycles. The molecule has 0 saturated carbocycles. The maximum absolute atomic E-state index is 12.9. The lowest BCUT2D eigenvalue weighted by Crippen LogP contribution is -2.42. The van der Waals surface area contributed by atoms with Gasteiger partial charge in [-0.2, -0.15) is 0 Å². The quantitative estimate of drug-likeness (QED) is 0.417. The van der Waals surface area contributed by atoms with Crippen molar-refractivity contribution in [2.24, 2.45) is 0 Å². The highest BCUT2D eigenvalue weighted by Gasteiger charge is 2.35. The fourth-order valence-electron chi connectivity index (χ4n) is 2.65. The Hall–Kier alpha value is -3.88. The summed E-state index contributed by atoms with van der Waals surface area (Å²) >= 11 is 0. The number of ether oxygens (including phenoxy) is 2. The lowest BCUT2D eigenvalue weighted by molar-refractivity contribution is -0.799. The zero-order valence-electron chi connectivity index (χ0n) is 13.9. The van der Waals surface area contributed by atoms with Crippen LogP contribution in [0.15, 0.2) is 57.8 Å². The number of para-hydroxylation sites is 1. The van der Waals surface area contributed by atoms with Gasteiger partial charge in [0.1, 0.15) is 5.58 Å². The van der Waals surface area contributed by atoms with E-state index >= 15 is 0 Å². The highest BCUT2D eigenvalue weighted by atomic mass is 16.7. The van der Waals surface area contributed by atoms with Crippen molar-refractivity contribution < 1.29 is 33.6 Å². The van der Waals surface area contributed by atoms with Gasteiger partial charge in [-0.15, -0.1) is 0 Å². The van der Waals surface area contributed by atoms with Gasteiger partial charge in [-0.1, -0.05) is 36.4 Å². The van der Waals surface area contributed by atoms with Crippen LogP contribution >= 0.6 is 0 Å². The minimum absolute atomic E-state index is 0.110. The Bertz CT molecular complexity index is 1070. The van der Waals surface area contributed by atoms with Gasteiger partial charge in [0, 0.05) is 0 Å². The summed E-state index contributed by atoms with van der Waals surface area (Å²) in [7, 11) is 1.09. The van der Waals surface area contributed by atoms with Crippen LogP contribution in [0.5, 0.6) is 5.75 Å². The summed E-state index contributed by atoms with van der Waals surface area (Å²) in [5.41, 5.74) is -1.53. The summed E-state index contributed by atoms with van der Waals surface area (Å²) < 4.78 is 14.3. The van der Waals surface area contributed by atoms with Crippen molar-refractivity contribution in [2.45, 2.75) is 5.92 Å². The Labute approximate surface area is 151 Å². The number of carboxylic acids is 1. The van der Waals surface area contributed by atoms with E-state index in [1.54, 1.807) is 18.2 Å². The zero-order chi connectivity index (χ0) is 19.6. The van der Waals surface area contributed by atoms with Crippen molar-refractivity contribution >= 4 is 23.1 Å². The fourth-order valence-corrected chi connectivity index (χ4v) is 2.65. The van der Waals surface area contributed by atoms with Crippen LogP contribution in [0, 0.1) is 5.21 Å². The smallest absolute Gasteiger partial charge is 0.480 e. The topological polar surface area (TPSA) is 130 Å². The molecule has 0 spiro atoms. The van der Waals surface area contributed by atoms with E-state index in [0.717, 1.165) is 7.11 Å². The molecule has 0 aliphatic carbocycles. The highest BCUT2D eigenvalue weighted by molar-refractivity contribution is 5.86. The van der Waals surface area contributed by atoms with Crippen LogP contribution in [0.4, 0.5) is 4.79 Å². The van der Waals surface area contributed by atoms with E-state index in [2.05, 4.69) is 4.74 Å². The molecule has 0 radical (unpaired) electrons. The first-order valence-corrected chi connectivity index (χ1v) is 7.67. The Morgan fingerprint density at radius 3 is 2.48 bits per heavy atom. The van der Waals surface area contributed by atoms with Gasteiger partial charge >= 0.3 is 17.8 Å². The molecule has 0 amide bonds. The third kappa shape index (κ3) is 3.30. The van der Waals surface area contributed by atoms with Crippen LogP contribution in [-0.2, 0) is 9.53 Å². The second kappa shape index (κ2) is 7.16. The Morgan fingerprint density at radius 2 is 1.85 bits per heavy atom. The summed E-state index contributed by atoms with van der Waals surface area (Å²) in [4.78, 5) is 35.8. The van der Waals surface area contributed by atoms with E-state index in [9.17, 15) is 24.7 Å². The van der Waals surface area contributed by atoms with Crippen LogP contribution in [0.3, 0.4) is 0 Å². The van der Waals surface area contributed by atoms with Crippen molar-refractivity contribution in [1.29, 1.82) is 0 Å². The third-order valence-corrected chi connectivity index (χ3v) is 3.84. The second-order valence-electron chi connectivity index (χ2n) is 5.43. The average Bonchev–Trinajstić information content (AvgIpc) is 2.66. The number of carbonyl (C=O) groups is 2. The maximum atomic E-state index is 12.9. The number of nitrogens with zero attached hydrogens (tertiary/aromatic N) is 1. The molecule has 9 heteroatoms. The first kappa shape index (κ1) is 17.9. The van der Waals surface area contributed by atoms with Crippen molar-refractivity contribution in [2.75, 3.05) is 7.11 Å². The van der Waals surface area contributed by atoms with Crippen molar-refractivity contribution in [3.63, 3.8) is 0 Å². The van der Waals surface area contributed by atoms with Gasteiger partial charge in [0.2, 0.25) is 0 Å². The lowest BCUT2D eigenvalue weighted by atomic mass is 9.94. The molecular formula is C18H13NO8. The van der Waals surface area contributed by atoms with E-state index in [4.69, 9.17) is 9.26 Å². The summed E-state index contributed by atoms with van der Waals surface area (Å²) in [6.07, 6.45) is -1.07. The number of methoxy groups -OCH3 is 1. The van der Waals surface area contributed by atoms with Crippen LogP contribution in [-0.4, -0.2) is 24.3 Å². The van der Waals surface area contributed by atoms with Gasteiger partial charge in [0.15, 0.2) is 11.7 Å². The monoisotopic (exact) mass is 371 g/mol. The molecule has 0 saturated heterocycles. The largest absolute Gasteiger partial charge is 0.513 e. The van der Waals surface area contributed by atoms with Crippen molar-refractivity contribution in [3.8, 4) is 5.75 Å². The van der Waals surface area contributed by atoms with Gasteiger partial charge in [-0.3, -0.25) is 14.8 Å². The van der Waals surface area contributed by atoms with Gasteiger partial charge in [-0.05, 0) is 17.7 Å². The molecule has 3 aromatic rings. The van der Waals surface area contributed by atoms with Crippen molar-refractivity contribution in [1.82, 2.24) is 0 Å². The molecular weight excluding hydrogens is 358 g/mol. The molecule has 0 aliphatic rings. The first-order chi connectivity index (χ1) is 12.9. The zero-order valence-corrected chi connectivity index (χ0v) is 13.9. The number of aromatic nitrogens is 1. The number of benzene rings is 2. The fraction of sp³-hybridized carbons (Fsp3) is 0.111. The average molecular weight is 371 g/mol. The molecule has 2 aromatic carbocycles. The Balaban J connectivity index is 2.25. The normalized spacial score (nSPS) is 11.7. The molecule has 0 bridgehead atoms. The summed E-state index contributed by atoms with van der Waals surface area (Å²) in [5, 5.41) is 21.9. The second-order valence-corrected chi connectivity index (χ2v) is 5.43. The summed E-state index contributed by atoms with van der Waals surface area (Å²) in [6, 6.07) is 11.9. The van der Waals surface area contributed by atoms with Gasteiger partial charge in [0.25, 0.3) is 5.43 Å². The van der Waals surface area contributed by atoms with Gasteiger partial charge < -0.3 is 19.1 Å². The van der Waals surface area contributed by atoms with Crippen molar-refractivity contribution in [3.05, 3.63) is 75.2 Å². The Kier molecular flexibility index (Phi) is 4.75. The standard InChI is InChI=1S/C18H13NO8/c1-25-18(23)26-12-9-5-8-11-15(20)14(19(24)27-16(11)12)13(17(21)22)10-6-3-2-4-7-10/h2-9,13H,1H3,(H,21,22). The predicted molar refractivity (Wildman–Crippen MR) is 90.4 cm³/mol. The van der Waals surface area contributed by atoms with E-state index in [0.29, 0.717) is 0 Å². The molecule has 27 heavy (non-hydrogen) atoms. The minimum Gasteiger partial charge on any atom is -0.480 e. The van der Waals surface area contributed by atoms with Crippen LogP contribution in [0.25, 0.3) is 11.0 Å². The Morgan fingerprint density at radius 1 is 1.15 bits per heavy atom. The van der Waals surface area contributed by atoms with Crippen LogP contribution in [0.2, 0.25) is 0 Å². The number of carbonyl (C=O) groups excluding carboxylic acids is 1. The highest BCUT2D eigenvalue weighted by Crippen LogP contribution is 2.26. The lowest BCUT2D eigenvalue weighted by Gasteiger charge is -2.12. The molecule has 0 aliphatic heterocycles. The molecule has 1 N–H and O–H groups in total. The molecule has 1 unspecified atom stereocenters. The predicted octanol–water partition coefficient (Wildman–Crippen LogP) is 1.79. The van der Waals surface area contributed by atoms with E-state index in [1.165, 1.54) is 30.3 Å². The number of hydrogen-bond acceptors (Lipinski definition) is 7. The van der Waals surface area contributed by atoms with E-state index in [1.807, 2.05) is 0 Å². The molecule has 9 nitrogen and oxygen atoms in total. The van der Waals surface area contributed by atoms with Gasteiger partial charge in [-0.25, -0.2) is 4.79 Å². The van der Waals surface area contributed by atoms with Gasteiger partial charge in [0.05, 0.1) is 17.4 Å². The molecule has 3 rings (SSSR count). The summed E-state index contributed by atoms with van der Waals surface area (Å²) in [6.45, 7) is 0. The maximum Gasteiger partial charge on any atom is 0.513 e. The SMILES string of the molecule is COC(=O)Oc1cccc2c(=O)c(C(C(=O)O)c3ccccc3)[n+]([O-])oc12. The number of rotatable bonds is 4. The number of fused-ring (bicyclic) bond motifs is 1. The third-order valence-electron chi connectivity index (χ3n) is 3.84. The number of aliphatic carboxylic acids is 1. The molecule has 1 heterocycles. The van der Waals surface area contributed by atoms with Crippen LogP contribution < -0.4 is 15.1 Å². The first-order valence-electron chi connectivity index (χ1n) is 7.67. The number of hydrogen-bond donors (Lipinski definition) is 1. The molecule has 1 atom stereocenters. The molecule has 138 valence electrons.